The maximum Gasteiger partial charge on any atom is 0.412 e. The van der Waals surface area contributed by atoms with Crippen molar-refractivity contribution in [1.82, 2.24) is 10.6 Å². The zero-order chi connectivity index (χ0) is 25.3. The summed E-state index contributed by atoms with van der Waals surface area (Å²) in [6, 6.07) is 12.3. The normalized spacial score (nSPS) is 13.0. The van der Waals surface area contributed by atoms with Gasteiger partial charge in [0, 0.05) is 12.1 Å². The van der Waals surface area contributed by atoms with Gasteiger partial charge in [0.15, 0.2) is 12.4 Å². The molecule has 0 bridgehead atoms. The van der Waals surface area contributed by atoms with Crippen LogP contribution in [0.15, 0.2) is 54.9 Å². The van der Waals surface area contributed by atoms with E-state index in [0.29, 0.717) is 12.0 Å². The molecule has 34 heavy (non-hydrogen) atoms. The average Bonchev–Trinajstić information content (AvgIpc) is 2.75. The Morgan fingerprint density at radius 2 is 1.65 bits per heavy atom. The van der Waals surface area contributed by atoms with Gasteiger partial charge in [0.05, 0.1) is 0 Å². The summed E-state index contributed by atoms with van der Waals surface area (Å²) in [7, 11) is 0. The van der Waals surface area contributed by atoms with Crippen LogP contribution in [-0.4, -0.2) is 35.7 Å². The van der Waals surface area contributed by atoms with E-state index in [1.807, 2.05) is 51.1 Å². The minimum atomic E-state index is -0.784. The van der Waals surface area contributed by atoms with Gasteiger partial charge < -0.3 is 20.1 Å². The highest BCUT2D eigenvalue weighted by Crippen LogP contribution is 2.13. The zero-order valence-corrected chi connectivity index (χ0v) is 20.8. The Morgan fingerprint density at radius 1 is 0.971 bits per heavy atom. The number of pyridine rings is 1. The second-order valence-electron chi connectivity index (χ2n) is 9.63. The van der Waals surface area contributed by atoms with Crippen LogP contribution >= 0.6 is 0 Å². The van der Waals surface area contributed by atoms with Gasteiger partial charge in [0.2, 0.25) is 0 Å². The lowest BCUT2D eigenvalue weighted by Gasteiger charge is -2.26. The largest absolute Gasteiger partial charge is 0.458 e. The summed E-state index contributed by atoms with van der Waals surface area (Å²) in [5.41, 5.74) is 0.800. The van der Waals surface area contributed by atoms with Crippen LogP contribution < -0.4 is 15.2 Å². The van der Waals surface area contributed by atoms with Crippen molar-refractivity contribution in [3.63, 3.8) is 0 Å². The summed E-state index contributed by atoms with van der Waals surface area (Å²) in [6.45, 7) is 10.9. The summed E-state index contributed by atoms with van der Waals surface area (Å²) in [6.07, 6.45) is 3.39. The molecule has 0 aliphatic heterocycles. The predicted molar refractivity (Wildman–Crippen MR) is 128 cm³/mol. The highest BCUT2D eigenvalue weighted by molar-refractivity contribution is 5.96. The van der Waals surface area contributed by atoms with E-state index < -0.39 is 29.6 Å². The molecular formula is C26H36N3O5+. The number of nitrogens with zero attached hydrogens (tertiary/aromatic N) is 1. The number of hydrogen-bond donors (Lipinski definition) is 2. The zero-order valence-electron chi connectivity index (χ0n) is 20.8. The molecule has 0 spiro atoms. The Kier molecular flexibility index (Phi) is 9.59. The molecule has 0 radical (unpaired) electrons. The Labute approximate surface area is 201 Å². The van der Waals surface area contributed by atoms with E-state index in [-0.39, 0.29) is 18.7 Å². The van der Waals surface area contributed by atoms with Crippen molar-refractivity contribution in [2.45, 2.75) is 72.4 Å². The van der Waals surface area contributed by atoms with Crippen LogP contribution in [0.4, 0.5) is 4.79 Å². The molecule has 2 amide bonds. The van der Waals surface area contributed by atoms with Crippen LogP contribution in [0.5, 0.6) is 0 Å². The van der Waals surface area contributed by atoms with Gasteiger partial charge in [-0.1, -0.05) is 44.2 Å². The molecule has 0 aliphatic rings. The monoisotopic (exact) mass is 470 g/mol. The molecule has 2 rings (SSSR count). The number of carbonyl (C=O) groups is 3. The van der Waals surface area contributed by atoms with Crippen LogP contribution in [0, 0.1) is 5.92 Å². The molecule has 184 valence electrons. The minimum absolute atomic E-state index is 0.0648. The lowest BCUT2D eigenvalue weighted by atomic mass is 10.0. The van der Waals surface area contributed by atoms with Crippen molar-refractivity contribution >= 4 is 18.0 Å². The number of alkyl carbamates (subject to hydrolysis) is 1. The van der Waals surface area contributed by atoms with Crippen LogP contribution in [-0.2, 0) is 27.4 Å². The Bertz CT molecular complexity index is 970. The van der Waals surface area contributed by atoms with Gasteiger partial charge >= 0.3 is 12.1 Å². The number of hydrogen-bond acceptors (Lipinski definition) is 5. The molecule has 8 heteroatoms. The number of nitrogens with one attached hydrogen (secondary N) is 2. The van der Waals surface area contributed by atoms with Gasteiger partial charge in [-0.15, -0.1) is 0 Å². The number of esters is 1. The topological polar surface area (TPSA) is 97.6 Å². The van der Waals surface area contributed by atoms with E-state index in [1.165, 1.54) is 0 Å². The third-order valence-electron chi connectivity index (χ3n) is 4.83. The van der Waals surface area contributed by atoms with E-state index in [4.69, 9.17) is 9.47 Å². The van der Waals surface area contributed by atoms with E-state index >= 15 is 0 Å². The third kappa shape index (κ3) is 9.21. The number of carbonyl (C=O) groups excluding carboxylic acids is 3. The maximum absolute atomic E-state index is 12.8. The number of benzene rings is 1. The molecular weight excluding hydrogens is 434 g/mol. The Morgan fingerprint density at radius 3 is 2.26 bits per heavy atom. The molecule has 0 fully saturated rings. The van der Waals surface area contributed by atoms with E-state index in [9.17, 15) is 14.4 Å². The highest BCUT2D eigenvalue weighted by Gasteiger charge is 2.30. The van der Waals surface area contributed by atoms with Crippen LogP contribution in [0.3, 0.4) is 0 Å². The summed E-state index contributed by atoms with van der Waals surface area (Å²) >= 11 is 0. The van der Waals surface area contributed by atoms with Crippen molar-refractivity contribution < 1.29 is 28.4 Å². The van der Waals surface area contributed by atoms with Gasteiger partial charge in [-0.3, -0.25) is 4.79 Å². The van der Waals surface area contributed by atoms with Crippen LogP contribution in [0.25, 0.3) is 0 Å². The van der Waals surface area contributed by atoms with Crippen molar-refractivity contribution in [2.24, 2.45) is 5.92 Å². The molecule has 1 heterocycles. The number of aromatic nitrogens is 1. The Hall–Kier alpha value is -3.42. The molecule has 0 unspecified atom stereocenters. The molecule has 2 atom stereocenters. The van der Waals surface area contributed by atoms with Crippen molar-refractivity contribution in [1.29, 1.82) is 0 Å². The second kappa shape index (κ2) is 12.2. The quantitative estimate of drug-likeness (QED) is 0.433. The molecule has 2 N–H and O–H groups in total. The lowest BCUT2D eigenvalue weighted by Crippen LogP contribution is -2.48. The smallest absolute Gasteiger partial charge is 0.412 e. The third-order valence-corrected chi connectivity index (χ3v) is 4.83. The van der Waals surface area contributed by atoms with Crippen molar-refractivity contribution in [3.05, 3.63) is 66.0 Å². The highest BCUT2D eigenvalue weighted by atomic mass is 16.6. The summed E-state index contributed by atoms with van der Waals surface area (Å²) in [4.78, 5) is 37.5. The van der Waals surface area contributed by atoms with Crippen molar-refractivity contribution in [3.8, 4) is 0 Å². The fraction of sp³-hybridized carbons (Fsp3) is 0.462. The molecule has 1 aromatic carbocycles. The number of amides is 2. The van der Waals surface area contributed by atoms with E-state index in [1.54, 1.807) is 49.9 Å². The summed E-state index contributed by atoms with van der Waals surface area (Å²) in [5, 5.41) is 5.55. The molecule has 0 saturated carbocycles. The Balaban J connectivity index is 1.92. The second-order valence-corrected chi connectivity index (χ2v) is 9.63. The number of rotatable bonds is 9. The van der Waals surface area contributed by atoms with Gasteiger partial charge in [-0.25, -0.2) is 9.59 Å². The fourth-order valence-electron chi connectivity index (χ4n) is 3.22. The van der Waals surface area contributed by atoms with Gasteiger partial charge in [-0.2, -0.15) is 4.57 Å². The first-order valence-electron chi connectivity index (χ1n) is 11.4. The van der Waals surface area contributed by atoms with Crippen LogP contribution in [0.1, 0.15) is 57.5 Å². The first kappa shape index (κ1) is 26.8. The fourth-order valence-corrected chi connectivity index (χ4v) is 3.22. The lowest BCUT2D eigenvalue weighted by molar-refractivity contribution is -0.727. The SMILES string of the molecule is CC(C)[C@H](NC(=O)c1ccc[n+](COC(=O)N[C@@H](C)Cc2ccccc2)c1)C(=O)OC(C)(C)C. The first-order chi connectivity index (χ1) is 15.9. The summed E-state index contributed by atoms with van der Waals surface area (Å²) < 4.78 is 12.3. The van der Waals surface area contributed by atoms with Gasteiger partial charge in [-0.05, 0) is 51.7 Å². The maximum atomic E-state index is 12.8. The molecule has 8 nitrogen and oxygen atoms in total. The molecule has 0 aliphatic carbocycles. The summed E-state index contributed by atoms with van der Waals surface area (Å²) in [5.74, 6) is -1.05. The molecule has 1 aromatic heterocycles. The number of ether oxygens (including phenoxy) is 2. The first-order valence-corrected chi connectivity index (χ1v) is 11.4. The average molecular weight is 471 g/mol. The van der Waals surface area contributed by atoms with E-state index in [2.05, 4.69) is 10.6 Å². The van der Waals surface area contributed by atoms with Gasteiger partial charge in [0.1, 0.15) is 17.2 Å². The van der Waals surface area contributed by atoms with Crippen molar-refractivity contribution in [2.75, 3.05) is 0 Å². The van der Waals surface area contributed by atoms with Crippen LogP contribution in [0.2, 0.25) is 0 Å². The minimum Gasteiger partial charge on any atom is -0.458 e. The van der Waals surface area contributed by atoms with Gasteiger partial charge in [0.25, 0.3) is 12.6 Å². The predicted octanol–water partition coefficient (Wildman–Crippen LogP) is 3.39. The van der Waals surface area contributed by atoms with E-state index in [0.717, 1.165) is 5.56 Å². The molecule has 2 aromatic rings. The standard InChI is InChI=1S/C26H35N3O5/c1-18(2)22(24(31)34-26(4,5)6)28-23(30)21-13-10-14-29(16-21)17-33-25(32)27-19(3)15-20-11-8-7-9-12-20/h7-14,16,18-19,22H,15,17H2,1-6H3,(H-,27,28,30,32)/p+1/t19-,22-/m0/s1. The molecule has 0 saturated heterocycles.